The molecule has 0 aliphatic rings. The predicted octanol–water partition coefficient (Wildman–Crippen LogP) is 2.49. The van der Waals surface area contributed by atoms with Crippen LogP contribution in [0.1, 0.15) is 44.0 Å². The number of Topliss-reactive ketones (excluding diaryl/α,β-unsaturated/α-hetero) is 2. The van der Waals surface area contributed by atoms with Crippen molar-refractivity contribution in [2.75, 3.05) is 13.2 Å². The number of esters is 2. The van der Waals surface area contributed by atoms with E-state index in [4.69, 9.17) is 0 Å². The summed E-state index contributed by atoms with van der Waals surface area (Å²) < 4.78 is 21.4. The zero-order valence-corrected chi connectivity index (χ0v) is 14.0. The lowest BCUT2D eigenvalue weighted by Gasteiger charge is -2.00. The van der Waals surface area contributed by atoms with Crippen molar-refractivity contribution < 1.29 is 33.0 Å². The van der Waals surface area contributed by atoms with Gasteiger partial charge in [0.15, 0.2) is 0 Å². The van der Waals surface area contributed by atoms with Crippen LogP contribution in [0.25, 0.3) is 0 Å². The Labute approximate surface area is 139 Å². The minimum Gasteiger partial charge on any atom is -0.460 e. The molecule has 1 aromatic carbocycles. The number of ketones is 2. The van der Waals surface area contributed by atoms with Gasteiger partial charge in [0.1, 0.15) is 5.82 Å². The molecule has 0 unspecified atom stereocenters. The summed E-state index contributed by atoms with van der Waals surface area (Å²) in [6.07, 6.45) is 0.983. The van der Waals surface area contributed by atoms with Crippen LogP contribution in [-0.4, -0.2) is 36.7 Å². The van der Waals surface area contributed by atoms with Crippen LogP contribution in [0.4, 0.5) is 4.39 Å². The average Bonchev–Trinajstić information content (AvgIpc) is 2.56. The number of rotatable bonds is 7. The fourth-order valence-corrected chi connectivity index (χ4v) is 1.46. The van der Waals surface area contributed by atoms with E-state index in [1.54, 1.807) is 13.8 Å². The van der Waals surface area contributed by atoms with Crippen molar-refractivity contribution in [3.63, 3.8) is 0 Å². The van der Waals surface area contributed by atoms with E-state index in [2.05, 4.69) is 9.47 Å². The molecule has 0 aromatic heterocycles. The first kappa shape index (κ1) is 21.4. The first-order valence-electron chi connectivity index (χ1n) is 7.54. The molecule has 0 heterocycles. The van der Waals surface area contributed by atoms with Crippen LogP contribution in [0.2, 0.25) is 0 Å². The van der Waals surface area contributed by atoms with Crippen molar-refractivity contribution in [2.45, 2.75) is 33.6 Å². The van der Waals surface area contributed by atoms with Gasteiger partial charge in [-0.1, -0.05) is 6.92 Å². The van der Waals surface area contributed by atoms with Crippen LogP contribution in [0.3, 0.4) is 0 Å². The molecule has 0 saturated heterocycles. The summed E-state index contributed by atoms with van der Waals surface area (Å²) >= 11 is 0. The highest BCUT2D eigenvalue weighted by Crippen LogP contribution is 2.04. The minimum absolute atomic E-state index is 0.129. The predicted molar refractivity (Wildman–Crippen MR) is 83.9 cm³/mol. The fraction of sp³-hybridized carbons (Fsp3) is 0.412. The highest BCUT2D eigenvalue weighted by atomic mass is 19.1. The second-order valence-corrected chi connectivity index (χ2v) is 4.45. The van der Waals surface area contributed by atoms with Crippen molar-refractivity contribution in [2.24, 2.45) is 0 Å². The molecule has 7 heteroatoms. The maximum absolute atomic E-state index is 12.5. The standard InChI is InChI=1S/C10H9FO3.C7H12O3/c1-2-14-10(13)9(12)7-3-5-8(11)6-4-7;1-3-5-6(8)7(9)10-4-2/h3-6H,2H2,1H3;3-5H2,1-2H3. The first-order valence-corrected chi connectivity index (χ1v) is 7.54. The summed E-state index contributed by atoms with van der Waals surface area (Å²) in [4.78, 5) is 43.4. The zero-order valence-electron chi connectivity index (χ0n) is 14.0. The summed E-state index contributed by atoms with van der Waals surface area (Å²) in [5.41, 5.74) is 0.129. The van der Waals surface area contributed by atoms with Crippen LogP contribution in [0.5, 0.6) is 0 Å². The SMILES string of the molecule is CCCC(=O)C(=O)OCC.CCOC(=O)C(=O)c1ccc(F)cc1. The van der Waals surface area contributed by atoms with Crippen LogP contribution in [-0.2, 0) is 23.9 Å². The first-order chi connectivity index (χ1) is 11.4. The second kappa shape index (κ2) is 11.9. The summed E-state index contributed by atoms with van der Waals surface area (Å²) in [5, 5.41) is 0. The molecular formula is C17H21FO6. The maximum Gasteiger partial charge on any atom is 0.379 e. The van der Waals surface area contributed by atoms with Gasteiger partial charge < -0.3 is 9.47 Å². The third-order valence-electron chi connectivity index (χ3n) is 2.55. The second-order valence-electron chi connectivity index (χ2n) is 4.45. The Morgan fingerprint density at radius 2 is 1.38 bits per heavy atom. The minimum atomic E-state index is -0.917. The Morgan fingerprint density at radius 1 is 0.875 bits per heavy atom. The highest BCUT2D eigenvalue weighted by molar-refractivity contribution is 6.40. The number of carbonyl (C=O) groups is 4. The van der Waals surface area contributed by atoms with Gasteiger partial charge in [-0.05, 0) is 44.5 Å². The molecule has 1 rings (SSSR count). The molecule has 0 aliphatic heterocycles. The van der Waals surface area contributed by atoms with E-state index in [1.165, 1.54) is 12.1 Å². The van der Waals surface area contributed by atoms with E-state index >= 15 is 0 Å². The molecule has 0 bridgehead atoms. The molecule has 0 saturated carbocycles. The van der Waals surface area contributed by atoms with Crippen molar-refractivity contribution in [3.8, 4) is 0 Å². The number of carbonyl (C=O) groups excluding carboxylic acids is 4. The highest BCUT2D eigenvalue weighted by Gasteiger charge is 2.16. The Kier molecular flexibility index (Phi) is 10.6. The Bertz CT molecular complexity index is 549. The van der Waals surface area contributed by atoms with E-state index in [0.29, 0.717) is 12.8 Å². The molecule has 0 atom stereocenters. The molecule has 1 aromatic rings. The number of ether oxygens (including phenoxy) is 2. The quantitative estimate of drug-likeness (QED) is 0.430. The molecule has 0 aliphatic carbocycles. The average molecular weight is 340 g/mol. The van der Waals surface area contributed by atoms with Crippen LogP contribution >= 0.6 is 0 Å². The number of benzene rings is 1. The maximum atomic E-state index is 12.5. The topological polar surface area (TPSA) is 86.7 Å². The zero-order chi connectivity index (χ0) is 18.5. The van der Waals surface area contributed by atoms with Gasteiger partial charge in [0.25, 0.3) is 5.78 Å². The number of hydrogen-bond donors (Lipinski definition) is 0. The van der Waals surface area contributed by atoms with E-state index < -0.39 is 29.3 Å². The van der Waals surface area contributed by atoms with Crippen molar-refractivity contribution >= 4 is 23.5 Å². The van der Waals surface area contributed by atoms with Crippen LogP contribution < -0.4 is 0 Å². The number of halogens is 1. The van der Waals surface area contributed by atoms with E-state index in [-0.39, 0.29) is 18.8 Å². The van der Waals surface area contributed by atoms with E-state index in [0.717, 1.165) is 12.1 Å². The monoisotopic (exact) mass is 340 g/mol. The number of hydrogen-bond acceptors (Lipinski definition) is 6. The normalized spacial score (nSPS) is 9.33. The van der Waals surface area contributed by atoms with Crippen LogP contribution in [0, 0.1) is 5.82 Å². The van der Waals surface area contributed by atoms with Crippen molar-refractivity contribution in [1.29, 1.82) is 0 Å². The van der Waals surface area contributed by atoms with Gasteiger partial charge >= 0.3 is 11.9 Å². The summed E-state index contributed by atoms with van der Waals surface area (Å²) in [5.74, 6) is -3.26. The molecule has 0 spiro atoms. The molecule has 132 valence electrons. The molecule has 0 N–H and O–H groups in total. The smallest absolute Gasteiger partial charge is 0.379 e. The molecule has 0 amide bonds. The van der Waals surface area contributed by atoms with Gasteiger partial charge in [0.05, 0.1) is 13.2 Å². The van der Waals surface area contributed by atoms with Gasteiger partial charge in [0.2, 0.25) is 5.78 Å². The Hall–Kier alpha value is -2.57. The van der Waals surface area contributed by atoms with Gasteiger partial charge in [-0.25, -0.2) is 14.0 Å². The Morgan fingerprint density at radius 3 is 1.83 bits per heavy atom. The van der Waals surface area contributed by atoms with Gasteiger partial charge in [0, 0.05) is 12.0 Å². The Balaban J connectivity index is 0.000000470. The lowest BCUT2D eigenvalue weighted by atomic mass is 10.1. The summed E-state index contributed by atoms with van der Waals surface area (Å²) in [7, 11) is 0. The van der Waals surface area contributed by atoms with E-state index in [1.807, 2.05) is 6.92 Å². The molecular weight excluding hydrogens is 319 g/mol. The lowest BCUT2D eigenvalue weighted by molar-refractivity contribution is -0.153. The molecule has 0 radical (unpaired) electrons. The van der Waals surface area contributed by atoms with Gasteiger partial charge in [-0.2, -0.15) is 0 Å². The largest absolute Gasteiger partial charge is 0.460 e. The van der Waals surface area contributed by atoms with Crippen LogP contribution in [0.15, 0.2) is 24.3 Å². The summed E-state index contributed by atoms with van der Waals surface area (Å²) in [6.45, 7) is 5.55. The molecule has 0 fully saturated rings. The molecule has 24 heavy (non-hydrogen) atoms. The van der Waals surface area contributed by atoms with E-state index in [9.17, 15) is 23.6 Å². The van der Waals surface area contributed by atoms with Crippen molar-refractivity contribution in [1.82, 2.24) is 0 Å². The van der Waals surface area contributed by atoms with Gasteiger partial charge in [-0.15, -0.1) is 0 Å². The third-order valence-corrected chi connectivity index (χ3v) is 2.55. The summed E-state index contributed by atoms with van der Waals surface area (Å²) in [6, 6.07) is 4.72. The lowest BCUT2D eigenvalue weighted by Crippen LogP contribution is -2.17. The van der Waals surface area contributed by atoms with Crippen molar-refractivity contribution in [3.05, 3.63) is 35.6 Å². The fourth-order valence-electron chi connectivity index (χ4n) is 1.46. The third kappa shape index (κ3) is 8.17. The molecule has 6 nitrogen and oxygen atoms in total. The van der Waals surface area contributed by atoms with Gasteiger partial charge in [-0.3, -0.25) is 9.59 Å².